The van der Waals surface area contributed by atoms with Crippen molar-refractivity contribution in [1.29, 1.82) is 0 Å². The number of sulfonamides is 1. The zero-order chi connectivity index (χ0) is 44.2. The lowest BCUT2D eigenvalue weighted by Crippen LogP contribution is -2.50. The van der Waals surface area contributed by atoms with E-state index in [1.54, 1.807) is 4.31 Å². The highest BCUT2D eigenvalue weighted by Gasteiger charge is 2.31. The normalized spacial score (nSPS) is 22.8. The van der Waals surface area contributed by atoms with E-state index in [0.717, 1.165) is 44.7 Å². The van der Waals surface area contributed by atoms with Crippen LogP contribution in [0.1, 0.15) is 102 Å². The van der Waals surface area contributed by atoms with Gasteiger partial charge in [-0.15, -0.1) is 0 Å². The molecule has 342 valence electrons. The Hall–Kier alpha value is -1.93. The number of nitrogens with zero attached hydrogens (tertiary/aromatic N) is 6. The smallest absolute Gasteiger partial charge is 0.324 e. The van der Waals surface area contributed by atoms with Crippen molar-refractivity contribution >= 4 is 37.7 Å². The molecule has 0 atom stereocenters. The van der Waals surface area contributed by atoms with E-state index < -0.39 is 19.9 Å². The van der Waals surface area contributed by atoms with Gasteiger partial charge in [-0.05, 0) is 115 Å². The van der Waals surface area contributed by atoms with Gasteiger partial charge >= 0.3 is 6.03 Å². The zero-order valence-electron chi connectivity index (χ0n) is 38.3. The molecule has 6 fully saturated rings. The third-order valence-corrected chi connectivity index (χ3v) is 14.5. The molecule has 6 aliphatic rings. The number of amides is 4. The number of hydrogen-bond acceptors (Lipinski definition) is 12. The number of urea groups is 1. The molecule has 0 spiro atoms. The summed E-state index contributed by atoms with van der Waals surface area (Å²) in [7, 11) is -5.54. The van der Waals surface area contributed by atoms with Crippen molar-refractivity contribution in [2.24, 2.45) is 0 Å². The minimum atomic E-state index is -2.85. The van der Waals surface area contributed by atoms with Crippen LogP contribution in [-0.2, 0) is 29.4 Å². The van der Waals surface area contributed by atoms with Gasteiger partial charge in [0.05, 0.1) is 30.3 Å². The number of sulfone groups is 1. The molecule has 58 heavy (non-hydrogen) atoms. The summed E-state index contributed by atoms with van der Waals surface area (Å²) in [6, 6.07) is 2.16. The van der Waals surface area contributed by atoms with Crippen LogP contribution in [0.25, 0.3) is 0 Å². The molecule has 6 heterocycles. The van der Waals surface area contributed by atoms with Crippen molar-refractivity contribution in [3.63, 3.8) is 0 Å². The molecule has 16 nitrogen and oxygen atoms in total. The Labute approximate surface area is 353 Å². The van der Waals surface area contributed by atoms with Crippen molar-refractivity contribution in [2.75, 3.05) is 102 Å². The van der Waals surface area contributed by atoms with E-state index in [0.29, 0.717) is 55.5 Å². The van der Waals surface area contributed by atoms with Crippen LogP contribution in [0.5, 0.6) is 0 Å². The molecule has 6 saturated heterocycles. The highest BCUT2D eigenvalue weighted by Crippen LogP contribution is 2.16. The molecule has 0 unspecified atom stereocenters. The first-order valence-electron chi connectivity index (χ1n) is 21.7. The first-order chi connectivity index (χ1) is 27.0. The molecule has 0 aliphatic carbocycles. The predicted octanol–water partition coefficient (Wildman–Crippen LogP) is 2.12. The van der Waals surface area contributed by atoms with Gasteiger partial charge in [0.2, 0.25) is 21.8 Å². The van der Waals surface area contributed by atoms with Crippen LogP contribution in [0.15, 0.2) is 0 Å². The molecule has 4 amide bonds. The van der Waals surface area contributed by atoms with Gasteiger partial charge in [0.1, 0.15) is 0 Å². The lowest BCUT2D eigenvalue weighted by Gasteiger charge is -2.30. The van der Waals surface area contributed by atoms with E-state index in [2.05, 4.69) is 72.2 Å². The molecule has 0 saturated carbocycles. The fourth-order valence-electron chi connectivity index (χ4n) is 7.06. The Bertz CT molecular complexity index is 1380. The van der Waals surface area contributed by atoms with Crippen LogP contribution in [0.2, 0.25) is 0 Å². The Balaban J connectivity index is 0.000000349. The minimum Gasteiger partial charge on any atom is -0.338 e. The van der Waals surface area contributed by atoms with Crippen molar-refractivity contribution < 1.29 is 31.2 Å². The maximum absolute atomic E-state index is 11.1. The summed E-state index contributed by atoms with van der Waals surface area (Å²) in [5, 5.41) is 8.79. The van der Waals surface area contributed by atoms with E-state index in [-0.39, 0.29) is 36.5 Å². The number of nitrogens with one attached hydrogen (secondary N) is 3. The van der Waals surface area contributed by atoms with Crippen LogP contribution >= 0.6 is 0 Å². The Kier molecular flexibility index (Phi) is 25.3. The second kappa shape index (κ2) is 27.1. The molecular formula is C40H83N9O7S2. The first kappa shape index (κ1) is 54.1. The Morgan fingerprint density at radius 2 is 0.948 bits per heavy atom. The molecule has 0 bridgehead atoms. The van der Waals surface area contributed by atoms with E-state index >= 15 is 0 Å². The van der Waals surface area contributed by atoms with Crippen molar-refractivity contribution in [1.82, 2.24) is 44.8 Å². The molecule has 18 heteroatoms. The van der Waals surface area contributed by atoms with E-state index in [1.807, 2.05) is 46.4 Å². The topological polar surface area (TPSA) is 175 Å². The second-order valence-corrected chi connectivity index (χ2v) is 21.6. The summed E-state index contributed by atoms with van der Waals surface area (Å²) >= 11 is 0. The first-order valence-corrected chi connectivity index (χ1v) is 25.2. The zero-order valence-corrected chi connectivity index (χ0v) is 39.9. The van der Waals surface area contributed by atoms with Gasteiger partial charge in [0.15, 0.2) is 9.84 Å². The minimum absolute atomic E-state index is 0.0324. The van der Waals surface area contributed by atoms with Gasteiger partial charge in [0.25, 0.3) is 0 Å². The van der Waals surface area contributed by atoms with Gasteiger partial charge < -0.3 is 25.8 Å². The summed E-state index contributed by atoms with van der Waals surface area (Å²) in [4.78, 5) is 43.1. The van der Waals surface area contributed by atoms with Crippen molar-refractivity contribution in [3.05, 3.63) is 0 Å². The van der Waals surface area contributed by atoms with Gasteiger partial charge in [0, 0.05) is 95.2 Å². The SMILES string of the molecule is CC(C)N1C(=O)CNC1=O.CC(C)N1CCCC1.CC(C)N1CCCS1(=O)=O.CC(C)N1CCNCC1.CC(C)N1CCNCC1=O.CC(C)N1CCS(=O)(=O)CC1. The fourth-order valence-corrected chi connectivity index (χ4v) is 10.1. The molecule has 0 radical (unpaired) electrons. The van der Waals surface area contributed by atoms with E-state index in [4.69, 9.17) is 0 Å². The fraction of sp³-hybridized carbons (Fsp3) is 0.925. The molecule has 0 aromatic carbocycles. The maximum Gasteiger partial charge on any atom is 0.324 e. The molecular weight excluding hydrogens is 783 g/mol. The number of imide groups is 1. The average Bonchev–Trinajstić information content (AvgIpc) is 3.90. The van der Waals surface area contributed by atoms with Crippen LogP contribution in [-0.4, -0.2) is 202 Å². The van der Waals surface area contributed by atoms with Crippen molar-refractivity contribution in [2.45, 2.75) is 139 Å². The third kappa shape index (κ3) is 20.6. The molecule has 3 N–H and O–H groups in total. The summed E-state index contributed by atoms with van der Waals surface area (Å²) < 4.78 is 45.8. The maximum atomic E-state index is 11.1. The molecule has 0 aromatic rings. The highest BCUT2D eigenvalue weighted by atomic mass is 32.2. The number of likely N-dealkylation sites (tertiary alicyclic amines) is 1. The summed E-state index contributed by atoms with van der Waals surface area (Å²) in [5.74, 6) is 1.10. The number of piperazine rings is 2. The summed E-state index contributed by atoms with van der Waals surface area (Å²) in [6.07, 6.45) is 3.62. The molecule has 6 rings (SSSR count). The third-order valence-electron chi connectivity index (χ3n) is 10.7. The van der Waals surface area contributed by atoms with Gasteiger partial charge in [-0.25, -0.2) is 21.6 Å². The quantitative estimate of drug-likeness (QED) is 0.333. The van der Waals surface area contributed by atoms with Crippen LogP contribution < -0.4 is 16.0 Å². The predicted molar refractivity (Wildman–Crippen MR) is 236 cm³/mol. The van der Waals surface area contributed by atoms with Crippen LogP contribution in [0, 0.1) is 0 Å². The van der Waals surface area contributed by atoms with Gasteiger partial charge in [-0.3, -0.25) is 24.3 Å². The Morgan fingerprint density at radius 1 is 0.466 bits per heavy atom. The summed E-state index contributed by atoms with van der Waals surface area (Å²) in [5.41, 5.74) is 0. The van der Waals surface area contributed by atoms with Crippen molar-refractivity contribution in [3.8, 4) is 0 Å². The van der Waals surface area contributed by atoms with E-state index in [1.165, 1.54) is 43.9 Å². The number of carbonyl (C=O) groups excluding carboxylic acids is 3. The molecule has 0 aromatic heterocycles. The Morgan fingerprint density at radius 3 is 1.24 bits per heavy atom. The average molecular weight is 866 g/mol. The highest BCUT2D eigenvalue weighted by molar-refractivity contribution is 7.91. The van der Waals surface area contributed by atoms with E-state index in [9.17, 15) is 31.2 Å². The van der Waals surface area contributed by atoms with Crippen LogP contribution in [0.4, 0.5) is 4.79 Å². The standard InChI is InChI=1S/C7H14N2O.C7H16N2.C7H15NO2S.C7H15N.C6H10N2O2.C6H13NO2S/c1-6(2)9-4-3-8-5-7(9)10;1-7(2)9-5-3-8-4-6-9;1-7(2)8-3-5-11(9,10)6-4-8;1-7(2)8-5-3-4-6-8;1-4(2)8-5(9)3-7-6(8)10;1-6(2)7-4-3-5-10(7,8)9/h6,8H,3-5H2,1-2H3;7-8H,3-6H2,1-2H3;7H,3-6H2,1-2H3;7H,3-6H2,1-2H3;4H,3H2,1-2H3,(H,7,10);6H,3-5H2,1-2H3. The number of hydrogen-bond donors (Lipinski definition) is 3. The lowest BCUT2D eigenvalue weighted by atomic mass is 10.2. The second-order valence-electron chi connectivity index (χ2n) is 17.2. The van der Waals surface area contributed by atoms with Crippen LogP contribution in [0.3, 0.4) is 0 Å². The largest absolute Gasteiger partial charge is 0.338 e. The summed E-state index contributed by atoms with van der Waals surface area (Å²) in [6.45, 7) is 36.8. The monoisotopic (exact) mass is 866 g/mol. The van der Waals surface area contributed by atoms with Gasteiger partial charge in [-0.1, -0.05) is 0 Å². The number of carbonyl (C=O) groups is 3. The lowest BCUT2D eigenvalue weighted by molar-refractivity contribution is -0.133. The van der Waals surface area contributed by atoms with Gasteiger partial charge in [-0.2, -0.15) is 4.31 Å². The number of rotatable bonds is 6. The molecule has 6 aliphatic heterocycles.